The van der Waals surface area contributed by atoms with E-state index in [1.54, 1.807) is 0 Å². The van der Waals surface area contributed by atoms with Crippen molar-refractivity contribution in [2.24, 2.45) is 4.99 Å². The highest BCUT2D eigenvalue weighted by atomic mass is 16.5. The first-order valence-electron chi connectivity index (χ1n) is 9.76. The lowest BCUT2D eigenvalue weighted by Crippen LogP contribution is -2.44. The summed E-state index contributed by atoms with van der Waals surface area (Å²) in [5.74, 6) is 1.55. The number of guanidine groups is 1. The van der Waals surface area contributed by atoms with Crippen molar-refractivity contribution in [1.29, 1.82) is 0 Å². The number of hydrogen-bond acceptors (Lipinski definition) is 3. The monoisotopic (exact) mass is 380 g/mol. The van der Waals surface area contributed by atoms with Gasteiger partial charge in [-0.15, -0.1) is 0 Å². The summed E-state index contributed by atoms with van der Waals surface area (Å²) in [6.07, 6.45) is 1.03. The number of aliphatic imine (C=N–C) groups is 1. The lowest BCUT2D eigenvalue weighted by atomic mass is 10.0. The number of rotatable bonds is 6. The Morgan fingerprint density at radius 2 is 2.00 bits per heavy atom. The number of anilines is 1. The van der Waals surface area contributed by atoms with Crippen LogP contribution in [-0.2, 0) is 17.8 Å². The van der Waals surface area contributed by atoms with Crippen LogP contribution in [0.4, 0.5) is 5.69 Å². The van der Waals surface area contributed by atoms with Crippen LogP contribution in [-0.4, -0.2) is 43.0 Å². The molecule has 0 aromatic heterocycles. The molecule has 0 saturated carbocycles. The number of amides is 1. The van der Waals surface area contributed by atoms with Gasteiger partial charge in [0.15, 0.2) is 5.96 Å². The second-order valence-corrected chi connectivity index (χ2v) is 6.73. The van der Waals surface area contributed by atoms with Crippen LogP contribution in [0.2, 0.25) is 0 Å². The molecule has 0 saturated heterocycles. The molecule has 148 valence electrons. The predicted molar refractivity (Wildman–Crippen MR) is 113 cm³/mol. The third-order valence-corrected chi connectivity index (χ3v) is 4.54. The van der Waals surface area contributed by atoms with E-state index in [1.807, 2.05) is 24.3 Å². The Balaban J connectivity index is 1.56. The van der Waals surface area contributed by atoms with Gasteiger partial charge in [-0.1, -0.05) is 30.3 Å². The zero-order chi connectivity index (χ0) is 19.8. The molecule has 6 nitrogen and oxygen atoms in total. The summed E-state index contributed by atoms with van der Waals surface area (Å²) in [7, 11) is 0. The predicted octanol–water partition coefficient (Wildman–Crippen LogP) is 3.05. The number of nitrogens with one attached hydrogen (secondary N) is 2. The Hall–Kier alpha value is -3.02. The van der Waals surface area contributed by atoms with Crippen LogP contribution in [0.15, 0.2) is 53.5 Å². The van der Waals surface area contributed by atoms with Gasteiger partial charge in [-0.2, -0.15) is 0 Å². The van der Waals surface area contributed by atoms with Crippen LogP contribution >= 0.6 is 0 Å². The minimum atomic E-state index is -0.0971. The van der Waals surface area contributed by atoms with E-state index in [0.29, 0.717) is 13.2 Å². The number of fused-ring (bicyclic) bond motifs is 1. The molecule has 1 aliphatic heterocycles. The Morgan fingerprint density at radius 1 is 1.18 bits per heavy atom. The average Bonchev–Trinajstić information content (AvgIpc) is 2.70. The molecular weight excluding hydrogens is 352 g/mol. The molecular formula is C22H28N4O2. The number of hydrogen-bond donors (Lipinski definition) is 2. The molecule has 2 N–H and O–H groups in total. The first-order valence-corrected chi connectivity index (χ1v) is 9.76. The fourth-order valence-corrected chi connectivity index (χ4v) is 3.28. The standard InChI is InChI=1S/C22H28N4O2/c1-3-23-22(26-13-11-18-7-4-5-8-19(18)16-26)24-12-14-28-21-10-6-9-20(15-21)25-17(2)27/h4-10,15H,3,11-14,16H2,1-2H3,(H,23,24)(H,25,27). The van der Waals surface area contributed by atoms with Gasteiger partial charge in [0.25, 0.3) is 0 Å². The number of nitrogens with zero attached hydrogens (tertiary/aromatic N) is 2. The van der Waals surface area contributed by atoms with E-state index in [2.05, 4.69) is 46.7 Å². The Morgan fingerprint density at radius 3 is 2.79 bits per heavy atom. The lowest BCUT2D eigenvalue weighted by molar-refractivity contribution is -0.114. The molecule has 2 aromatic carbocycles. The molecule has 0 atom stereocenters. The van der Waals surface area contributed by atoms with Crippen molar-refractivity contribution in [3.8, 4) is 5.75 Å². The summed E-state index contributed by atoms with van der Waals surface area (Å²) >= 11 is 0. The molecule has 3 rings (SSSR count). The van der Waals surface area contributed by atoms with E-state index >= 15 is 0 Å². The summed E-state index contributed by atoms with van der Waals surface area (Å²) in [4.78, 5) is 18.2. The van der Waals surface area contributed by atoms with Crippen molar-refractivity contribution in [3.63, 3.8) is 0 Å². The van der Waals surface area contributed by atoms with Gasteiger partial charge in [-0.05, 0) is 36.6 Å². The normalized spacial score (nSPS) is 13.6. The molecule has 2 aromatic rings. The third kappa shape index (κ3) is 5.49. The van der Waals surface area contributed by atoms with E-state index in [4.69, 9.17) is 9.73 Å². The van der Waals surface area contributed by atoms with Gasteiger partial charge in [0, 0.05) is 38.3 Å². The van der Waals surface area contributed by atoms with Crippen LogP contribution in [0.3, 0.4) is 0 Å². The molecule has 1 amide bonds. The molecule has 1 aliphatic rings. The van der Waals surface area contributed by atoms with Crippen LogP contribution < -0.4 is 15.4 Å². The highest BCUT2D eigenvalue weighted by Crippen LogP contribution is 2.19. The summed E-state index contributed by atoms with van der Waals surface area (Å²) in [6, 6.07) is 16.0. The van der Waals surface area contributed by atoms with E-state index in [0.717, 1.165) is 43.5 Å². The van der Waals surface area contributed by atoms with Crippen molar-refractivity contribution in [3.05, 3.63) is 59.7 Å². The van der Waals surface area contributed by atoms with Crippen molar-refractivity contribution >= 4 is 17.6 Å². The zero-order valence-electron chi connectivity index (χ0n) is 16.6. The van der Waals surface area contributed by atoms with Gasteiger partial charge in [0.1, 0.15) is 12.4 Å². The third-order valence-electron chi connectivity index (χ3n) is 4.54. The maximum absolute atomic E-state index is 11.2. The molecule has 6 heteroatoms. The minimum absolute atomic E-state index is 0.0971. The van der Waals surface area contributed by atoms with Gasteiger partial charge < -0.3 is 20.3 Å². The highest BCUT2D eigenvalue weighted by molar-refractivity contribution is 5.88. The van der Waals surface area contributed by atoms with E-state index in [9.17, 15) is 4.79 Å². The van der Waals surface area contributed by atoms with E-state index < -0.39 is 0 Å². The van der Waals surface area contributed by atoms with Crippen molar-refractivity contribution in [2.75, 3.05) is 31.6 Å². The SMILES string of the molecule is CCNC(=NCCOc1cccc(NC(C)=O)c1)N1CCc2ccccc2C1. The van der Waals surface area contributed by atoms with Gasteiger partial charge in [0.05, 0.1) is 6.54 Å². The number of carbonyl (C=O) groups excluding carboxylic acids is 1. The largest absolute Gasteiger partial charge is 0.492 e. The topological polar surface area (TPSA) is 66.0 Å². The molecule has 0 bridgehead atoms. The molecule has 28 heavy (non-hydrogen) atoms. The quantitative estimate of drug-likeness (QED) is 0.459. The lowest BCUT2D eigenvalue weighted by Gasteiger charge is -2.31. The van der Waals surface area contributed by atoms with Gasteiger partial charge in [-0.25, -0.2) is 4.99 Å². The smallest absolute Gasteiger partial charge is 0.221 e. The van der Waals surface area contributed by atoms with Crippen molar-refractivity contribution in [2.45, 2.75) is 26.8 Å². The first-order chi connectivity index (χ1) is 13.7. The molecule has 0 unspecified atom stereocenters. The van der Waals surface area contributed by atoms with Crippen molar-refractivity contribution in [1.82, 2.24) is 10.2 Å². The van der Waals surface area contributed by atoms with Gasteiger partial charge in [-0.3, -0.25) is 4.79 Å². The maximum atomic E-state index is 11.2. The average molecular weight is 380 g/mol. The van der Waals surface area contributed by atoms with E-state index in [1.165, 1.54) is 18.1 Å². The number of benzene rings is 2. The van der Waals surface area contributed by atoms with Crippen molar-refractivity contribution < 1.29 is 9.53 Å². The van der Waals surface area contributed by atoms with E-state index in [-0.39, 0.29) is 5.91 Å². The van der Waals surface area contributed by atoms with Gasteiger partial charge in [0.2, 0.25) is 5.91 Å². The zero-order valence-corrected chi connectivity index (χ0v) is 16.6. The summed E-state index contributed by atoms with van der Waals surface area (Å²) in [6.45, 7) is 7.27. The van der Waals surface area contributed by atoms with Crippen LogP contribution in [0.25, 0.3) is 0 Å². The van der Waals surface area contributed by atoms with Crippen LogP contribution in [0.5, 0.6) is 5.75 Å². The second kappa shape index (κ2) is 9.78. The fourth-order valence-electron chi connectivity index (χ4n) is 3.28. The summed E-state index contributed by atoms with van der Waals surface area (Å²) in [5.41, 5.74) is 3.52. The Kier molecular flexibility index (Phi) is 6.89. The molecule has 0 fully saturated rings. The highest BCUT2D eigenvalue weighted by Gasteiger charge is 2.18. The molecule has 0 spiro atoms. The summed E-state index contributed by atoms with van der Waals surface area (Å²) < 4.78 is 5.80. The van der Waals surface area contributed by atoms with Crippen LogP contribution in [0, 0.1) is 0 Å². The maximum Gasteiger partial charge on any atom is 0.221 e. The Bertz CT molecular complexity index is 835. The number of ether oxygens (including phenoxy) is 1. The summed E-state index contributed by atoms with van der Waals surface area (Å²) in [5, 5.41) is 6.14. The second-order valence-electron chi connectivity index (χ2n) is 6.73. The molecule has 1 heterocycles. The number of carbonyl (C=O) groups is 1. The Labute approximate surface area is 166 Å². The van der Waals surface area contributed by atoms with Gasteiger partial charge >= 0.3 is 0 Å². The first kappa shape index (κ1) is 19.7. The molecule has 0 radical (unpaired) electrons. The minimum Gasteiger partial charge on any atom is -0.492 e. The fraction of sp³-hybridized carbons (Fsp3) is 0.364. The molecule has 0 aliphatic carbocycles. The van der Waals surface area contributed by atoms with Crippen LogP contribution in [0.1, 0.15) is 25.0 Å².